The third-order valence-corrected chi connectivity index (χ3v) is 3.13. The molecular formula is C14H15ClN2O2. The number of aryl methyl sites for hydroxylation is 1. The molecular weight excluding hydrogens is 264 g/mol. The summed E-state index contributed by atoms with van der Waals surface area (Å²) in [6, 6.07) is 6.08. The zero-order valence-electron chi connectivity index (χ0n) is 10.7. The lowest BCUT2D eigenvalue weighted by molar-refractivity contribution is 0.451. The molecule has 1 heterocycles. The van der Waals surface area contributed by atoms with Crippen molar-refractivity contribution in [2.75, 3.05) is 5.32 Å². The SMILES string of the molecule is Cc1cnc(Cl)c(NC(C)c2cc(O)ccc2O)c1. The van der Waals surface area contributed by atoms with Gasteiger partial charge in [0, 0.05) is 11.8 Å². The van der Waals surface area contributed by atoms with Crippen LogP contribution in [0.3, 0.4) is 0 Å². The van der Waals surface area contributed by atoms with E-state index in [0.29, 0.717) is 16.4 Å². The molecule has 3 N–H and O–H groups in total. The molecule has 0 saturated carbocycles. The van der Waals surface area contributed by atoms with E-state index in [9.17, 15) is 10.2 Å². The standard InChI is InChI=1S/C14H15ClN2O2/c1-8-5-12(14(15)16-7-8)17-9(2)11-6-10(18)3-4-13(11)19/h3-7,9,17-19H,1-2H3. The maximum absolute atomic E-state index is 9.81. The van der Waals surface area contributed by atoms with Gasteiger partial charge in [-0.05, 0) is 43.7 Å². The first kappa shape index (κ1) is 13.5. The van der Waals surface area contributed by atoms with Gasteiger partial charge in [0.1, 0.15) is 11.5 Å². The molecule has 0 aliphatic carbocycles. The van der Waals surface area contributed by atoms with Crippen molar-refractivity contribution >= 4 is 17.3 Å². The predicted molar refractivity (Wildman–Crippen MR) is 75.8 cm³/mol. The minimum absolute atomic E-state index is 0.106. The van der Waals surface area contributed by atoms with Crippen LogP contribution >= 0.6 is 11.6 Å². The number of pyridine rings is 1. The van der Waals surface area contributed by atoms with Crippen molar-refractivity contribution in [3.63, 3.8) is 0 Å². The summed E-state index contributed by atoms with van der Waals surface area (Å²) in [4.78, 5) is 4.06. The molecule has 19 heavy (non-hydrogen) atoms. The van der Waals surface area contributed by atoms with Gasteiger partial charge in [-0.15, -0.1) is 0 Å². The van der Waals surface area contributed by atoms with Gasteiger partial charge in [0.15, 0.2) is 5.15 Å². The number of anilines is 1. The van der Waals surface area contributed by atoms with Crippen LogP contribution in [-0.2, 0) is 0 Å². The van der Waals surface area contributed by atoms with Crippen LogP contribution < -0.4 is 5.32 Å². The molecule has 1 unspecified atom stereocenters. The summed E-state index contributed by atoms with van der Waals surface area (Å²) in [5, 5.41) is 22.8. The first-order valence-electron chi connectivity index (χ1n) is 5.88. The van der Waals surface area contributed by atoms with Gasteiger partial charge in [0.25, 0.3) is 0 Å². The van der Waals surface area contributed by atoms with E-state index in [1.807, 2.05) is 19.9 Å². The number of hydrogen-bond donors (Lipinski definition) is 3. The van der Waals surface area contributed by atoms with Crippen molar-refractivity contribution in [1.29, 1.82) is 0 Å². The molecule has 2 rings (SSSR count). The average Bonchev–Trinajstić information content (AvgIpc) is 2.36. The van der Waals surface area contributed by atoms with Crippen LogP contribution in [0.1, 0.15) is 24.1 Å². The van der Waals surface area contributed by atoms with E-state index < -0.39 is 0 Å². The summed E-state index contributed by atoms with van der Waals surface area (Å²) < 4.78 is 0. The molecule has 0 radical (unpaired) electrons. The molecule has 1 aromatic carbocycles. The molecule has 0 spiro atoms. The van der Waals surface area contributed by atoms with Crippen LogP contribution in [0.4, 0.5) is 5.69 Å². The lowest BCUT2D eigenvalue weighted by Gasteiger charge is -2.18. The van der Waals surface area contributed by atoms with Crippen molar-refractivity contribution in [2.24, 2.45) is 0 Å². The molecule has 0 aliphatic rings. The summed E-state index contributed by atoms with van der Waals surface area (Å²) in [5.74, 6) is 0.226. The lowest BCUT2D eigenvalue weighted by Crippen LogP contribution is -2.08. The molecule has 4 nitrogen and oxygen atoms in total. The van der Waals surface area contributed by atoms with Crippen LogP contribution in [0.25, 0.3) is 0 Å². The molecule has 0 fully saturated rings. The van der Waals surface area contributed by atoms with Crippen LogP contribution in [-0.4, -0.2) is 15.2 Å². The Morgan fingerprint density at radius 2 is 2.00 bits per heavy atom. The molecule has 1 aromatic heterocycles. The fourth-order valence-corrected chi connectivity index (χ4v) is 2.01. The summed E-state index contributed by atoms with van der Waals surface area (Å²) in [5.41, 5.74) is 2.27. The summed E-state index contributed by atoms with van der Waals surface area (Å²) in [6.45, 7) is 3.79. The van der Waals surface area contributed by atoms with Gasteiger partial charge in [-0.25, -0.2) is 4.98 Å². The Morgan fingerprint density at radius 3 is 2.74 bits per heavy atom. The van der Waals surface area contributed by atoms with E-state index in [-0.39, 0.29) is 17.5 Å². The number of halogens is 1. The number of phenolic OH excluding ortho intramolecular Hbond substituents is 2. The first-order chi connectivity index (χ1) is 8.97. The summed E-state index contributed by atoms with van der Waals surface area (Å²) >= 11 is 6.01. The van der Waals surface area contributed by atoms with Gasteiger partial charge in [-0.2, -0.15) is 0 Å². The predicted octanol–water partition coefficient (Wildman–Crippen LogP) is 3.63. The topological polar surface area (TPSA) is 65.4 Å². The van der Waals surface area contributed by atoms with Crippen LogP contribution in [0.15, 0.2) is 30.5 Å². The van der Waals surface area contributed by atoms with E-state index in [2.05, 4.69) is 10.3 Å². The Morgan fingerprint density at radius 1 is 1.26 bits per heavy atom. The van der Waals surface area contributed by atoms with Crippen molar-refractivity contribution in [1.82, 2.24) is 4.98 Å². The molecule has 0 amide bonds. The van der Waals surface area contributed by atoms with Crippen LogP contribution in [0.2, 0.25) is 5.15 Å². The highest BCUT2D eigenvalue weighted by Gasteiger charge is 2.13. The van der Waals surface area contributed by atoms with Gasteiger partial charge >= 0.3 is 0 Å². The Labute approximate surface area is 116 Å². The maximum Gasteiger partial charge on any atom is 0.152 e. The minimum Gasteiger partial charge on any atom is -0.508 e. The molecule has 1 atom stereocenters. The average molecular weight is 279 g/mol. The third kappa shape index (κ3) is 3.09. The monoisotopic (exact) mass is 278 g/mol. The molecule has 2 aromatic rings. The van der Waals surface area contributed by atoms with Gasteiger partial charge < -0.3 is 15.5 Å². The van der Waals surface area contributed by atoms with Crippen molar-refractivity contribution in [2.45, 2.75) is 19.9 Å². The van der Waals surface area contributed by atoms with Crippen molar-refractivity contribution < 1.29 is 10.2 Å². The number of aromatic nitrogens is 1. The van der Waals surface area contributed by atoms with E-state index in [4.69, 9.17) is 11.6 Å². The number of nitrogens with zero attached hydrogens (tertiary/aromatic N) is 1. The fourth-order valence-electron chi connectivity index (χ4n) is 1.85. The Hall–Kier alpha value is -1.94. The number of nitrogens with one attached hydrogen (secondary N) is 1. The molecule has 5 heteroatoms. The van der Waals surface area contributed by atoms with Gasteiger partial charge in [0.05, 0.1) is 11.7 Å². The Kier molecular flexibility index (Phi) is 3.81. The van der Waals surface area contributed by atoms with Crippen LogP contribution in [0.5, 0.6) is 11.5 Å². The maximum atomic E-state index is 9.81. The third-order valence-electron chi connectivity index (χ3n) is 2.83. The highest BCUT2D eigenvalue weighted by molar-refractivity contribution is 6.32. The van der Waals surface area contributed by atoms with Gasteiger partial charge in [-0.1, -0.05) is 11.6 Å². The van der Waals surface area contributed by atoms with Gasteiger partial charge in [-0.3, -0.25) is 0 Å². The first-order valence-corrected chi connectivity index (χ1v) is 6.25. The normalized spacial score (nSPS) is 12.2. The number of benzene rings is 1. The van der Waals surface area contributed by atoms with Crippen molar-refractivity contribution in [3.05, 3.63) is 46.7 Å². The van der Waals surface area contributed by atoms with Gasteiger partial charge in [0.2, 0.25) is 0 Å². The number of rotatable bonds is 3. The highest BCUT2D eigenvalue weighted by Crippen LogP contribution is 2.31. The van der Waals surface area contributed by atoms with E-state index in [1.54, 1.807) is 6.20 Å². The molecule has 0 saturated heterocycles. The molecule has 100 valence electrons. The second kappa shape index (κ2) is 5.36. The van der Waals surface area contributed by atoms with E-state index >= 15 is 0 Å². The van der Waals surface area contributed by atoms with Crippen molar-refractivity contribution in [3.8, 4) is 11.5 Å². The second-order valence-corrected chi connectivity index (χ2v) is 4.82. The lowest BCUT2D eigenvalue weighted by atomic mass is 10.1. The number of phenols is 2. The fraction of sp³-hybridized carbons (Fsp3) is 0.214. The summed E-state index contributed by atoms with van der Waals surface area (Å²) in [6.07, 6.45) is 1.68. The summed E-state index contributed by atoms with van der Waals surface area (Å²) in [7, 11) is 0. The smallest absolute Gasteiger partial charge is 0.152 e. The highest BCUT2D eigenvalue weighted by atomic mass is 35.5. The second-order valence-electron chi connectivity index (χ2n) is 4.46. The Balaban J connectivity index is 2.27. The Bertz CT molecular complexity index is 602. The minimum atomic E-state index is -0.215. The van der Waals surface area contributed by atoms with Crippen LogP contribution in [0, 0.1) is 6.92 Å². The zero-order valence-corrected chi connectivity index (χ0v) is 11.4. The zero-order chi connectivity index (χ0) is 14.0. The number of hydrogen-bond acceptors (Lipinski definition) is 4. The van der Waals surface area contributed by atoms with E-state index in [1.165, 1.54) is 18.2 Å². The van der Waals surface area contributed by atoms with E-state index in [0.717, 1.165) is 5.56 Å². The quantitative estimate of drug-likeness (QED) is 0.592. The molecule has 0 aliphatic heterocycles. The molecule has 0 bridgehead atoms. The largest absolute Gasteiger partial charge is 0.508 e. The number of aromatic hydroxyl groups is 2.